The van der Waals surface area contributed by atoms with Gasteiger partial charge in [-0.05, 0) is 31.2 Å². The summed E-state index contributed by atoms with van der Waals surface area (Å²) in [5, 5.41) is 5.20. The number of anilines is 2. The van der Waals surface area contributed by atoms with Crippen molar-refractivity contribution in [1.82, 2.24) is 0 Å². The summed E-state index contributed by atoms with van der Waals surface area (Å²) in [5.41, 5.74) is 1.56. The van der Waals surface area contributed by atoms with Crippen molar-refractivity contribution in [3.63, 3.8) is 0 Å². The lowest BCUT2D eigenvalue weighted by Gasteiger charge is -2.11. The van der Waals surface area contributed by atoms with E-state index in [2.05, 4.69) is 15.4 Å². The summed E-state index contributed by atoms with van der Waals surface area (Å²) in [6.07, 6.45) is 0. The number of carbonyl (C=O) groups is 3. The summed E-state index contributed by atoms with van der Waals surface area (Å²) in [5.74, 6) is -0.635. The number of carbonyl (C=O) groups excluding carboxylic acids is 3. The Bertz CT molecular complexity index is 756. The Hall–Kier alpha value is -3.15. The van der Waals surface area contributed by atoms with Gasteiger partial charge in [-0.1, -0.05) is 24.3 Å². The first kappa shape index (κ1) is 16.2. The first-order valence-electron chi connectivity index (χ1n) is 6.87. The van der Waals surface area contributed by atoms with Crippen LogP contribution < -0.4 is 10.6 Å². The van der Waals surface area contributed by atoms with Gasteiger partial charge in [0, 0.05) is 11.3 Å². The third-order valence-electron chi connectivity index (χ3n) is 3.11. The quantitative estimate of drug-likeness (QED) is 0.670. The highest BCUT2D eigenvalue weighted by Crippen LogP contribution is 2.17. The van der Waals surface area contributed by atoms with Crippen LogP contribution in [0.15, 0.2) is 48.5 Å². The number of hydrogen-bond donors (Lipinski definition) is 2. The maximum atomic E-state index is 12.1. The molecule has 0 saturated heterocycles. The average molecular weight is 312 g/mol. The van der Waals surface area contributed by atoms with E-state index in [0.717, 1.165) is 0 Å². The molecule has 118 valence electrons. The largest absolute Gasteiger partial charge is 0.465 e. The molecular weight excluding hydrogens is 296 g/mol. The second-order valence-corrected chi connectivity index (χ2v) is 4.75. The van der Waals surface area contributed by atoms with Crippen molar-refractivity contribution in [2.45, 2.75) is 6.92 Å². The van der Waals surface area contributed by atoms with Gasteiger partial charge in [0.15, 0.2) is 5.78 Å². The summed E-state index contributed by atoms with van der Waals surface area (Å²) < 4.78 is 4.67. The third kappa shape index (κ3) is 4.16. The normalized spacial score (nSPS) is 9.83. The highest BCUT2D eigenvalue weighted by atomic mass is 16.5. The number of Topliss-reactive ketones (excluding diaryl/α,β-unsaturated/α-hetero) is 1. The Labute approximate surface area is 133 Å². The van der Waals surface area contributed by atoms with Crippen LogP contribution in [-0.4, -0.2) is 24.9 Å². The highest BCUT2D eigenvalue weighted by Gasteiger charge is 2.13. The van der Waals surface area contributed by atoms with Crippen LogP contribution in [-0.2, 0) is 4.74 Å². The Morgan fingerprint density at radius 2 is 1.70 bits per heavy atom. The minimum absolute atomic E-state index is 0.0925. The zero-order valence-electron chi connectivity index (χ0n) is 12.8. The molecule has 2 aromatic rings. The molecule has 0 fully saturated rings. The molecule has 0 radical (unpaired) electrons. The predicted octanol–water partition coefficient (Wildman–Crippen LogP) is 3.32. The first-order chi connectivity index (χ1) is 11.0. The lowest BCUT2D eigenvalue weighted by atomic mass is 10.1. The fourth-order valence-corrected chi connectivity index (χ4v) is 1.98. The van der Waals surface area contributed by atoms with Crippen LogP contribution in [0, 0.1) is 0 Å². The average Bonchev–Trinajstić information content (AvgIpc) is 2.54. The van der Waals surface area contributed by atoms with Crippen LogP contribution in [0.5, 0.6) is 0 Å². The molecule has 0 heterocycles. The molecule has 2 N–H and O–H groups in total. The number of amides is 2. The van der Waals surface area contributed by atoms with E-state index in [1.807, 2.05) is 0 Å². The van der Waals surface area contributed by atoms with Gasteiger partial charge in [0.1, 0.15) is 0 Å². The van der Waals surface area contributed by atoms with Crippen molar-refractivity contribution in [2.75, 3.05) is 17.7 Å². The number of para-hydroxylation sites is 1. The summed E-state index contributed by atoms with van der Waals surface area (Å²) in [6.45, 7) is 1.45. The molecule has 23 heavy (non-hydrogen) atoms. The number of benzene rings is 2. The monoisotopic (exact) mass is 312 g/mol. The lowest BCUT2D eigenvalue weighted by molar-refractivity contribution is 0.0601. The van der Waals surface area contributed by atoms with Crippen LogP contribution in [0.25, 0.3) is 0 Å². The maximum absolute atomic E-state index is 12.1. The van der Waals surface area contributed by atoms with Gasteiger partial charge in [0.25, 0.3) is 0 Å². The summed E-state index contributed by atoms with van der Waals surface area (Å²) >= 11 is 0. The van der Waals surface area contributed by atoms with E-state index < -0.39 is 12.0 Å². The van der Waals surface area contributed by atoms with E-state index in [-0.39, 0.29) is 11.3 Å². The molecule has 0 aromatic heterocycles. The minimum Gasteiger partial charge on any atom is -0.465 e. The van der Waals surface area contributed by atoms with Gasteiger partial charge in [-0.15, -0.1) is 0 Å². The molecule has 2 aromatic carbocycles. The van der Waals surface area contributed by atoms with Crippen molar-refractivity contribution in [3.8, 4) is 0 Å². The van der Waals surface area contributed by atoms with Gasteiger partial charge >= 0.3 is 12.0 Å². The molecular formula is C17H16N2O4. The molecule has 0 atom stereocenters. The van der Waals surface area contributed by atoms with Crippen LogP contribution in [0.4, 0.5) is 16.2 Å². The number of esters is 1. The van der Waals surface area contributed by atoms with E-state index in [4.69, 9.17) is 0 Å². The molecule has 0 spiro atoms. The summed E-state index contributed by atoms with van der Waals surface area (Å²) in [4.78, 5) is 35.1. The number of urea groups is 1. The SMILES string of the molecule is COC(=O)c1ccccc1NC(=O)Nc1cccc(C(C)=O)c1. The number of ether oxygens (including phenoxy) is 1. The van der Waals surface area contributed by atoms with E-state index in [1.54, 1.807) is 48.5 Å². The molecule has 0 unspecified atom stereocenters. The van der Waals surface area contributed by atoms with Crippen molar-refractivity contribution < 1.29 is 19.1 Å². The van der Waals surface area contributed by atoms with Crippen molar-refractivity contribution in [2.24, 2.45) is 0 Å². The molecule has 2 amide bonds. The molecule has 0 bridgehead atoms. The molecule has 0 saturated carbocycles. The standard InChI is InChI=1S/C17H16N2O4/c1-11(20)12-6-5-7-13(10-12)18-17(22)19-15-9-4-3-8-14(15)16(21)23-2/h3-10H,1-2H3,(H2,18,19,22). The summed E-state index contributed by atoms with van der Waals surface area (Å²) in [6, 6.07) is 12.6. The van der Waals surface area contributed by atoms with E-state index in [0.29, 0.717) is 16.9 Å². The summed E-state index contributed by atoms with van der Waals surface area (Å²) in [7, 11) is 1.27. The highest BCUT2D eigenvalue weighted by molar-refractivity contribution is 6.05. The Morgan fingerprint density at radius 3 is 2.39 bits per heavy atom. The topological polar surface area (TPSA) is 84.5 Å². The fourth-order valence-electron chi connectivity index (χ4n) is 1.98. The zero-order chi connectivity index (χ0) is 16.8. The smallest absolute Gasteiger partial charge is 0.339 e. The lowest BCUT2D eigenvalue weighted by Crippen LogP contribution is -2.21. The van der Waals surface area contributed by atoms with Crippen LogP contribution >= 0.6 is 0 Å². The number of nitrogens with one attached hydrogen (secondary N) is 2. The Kier molecular flexibility index (Phi) is 5.09. The van der Waals surface area contributed by atoms with Gasteiger partial charge in [0.05, 0.1) is 18.4 Å². The van der Waals surface area contributed by atoms with Gasteiger partial charge in [-0.25, -0.2) is 9.59 Å². The van der Waals surface area contributed by atoms with Crippen LogP contribution in [0.1, 0.15) is 27.6 Å². The molecule has 2 rings (SSSR count). The predicted molar refractivity (Wildman–Crippen MR) is 86.9 cm³/mol. The third-order valence-corrected chi connectivity index (χ3v) is 3.11. The minimum atomic E-state index is -0.542. The van der Waals surface area contributed by atoms with Crippen LogP contribution in [0.3, 0.4) is 0 Å². The Morgan fingerprint density at radius 1 is 0.957 bits per heavy atom. The van der Waals surface area contributed by atoms with Crippen molar-refractivity contribution in [3.05, 3.63) is 59.7 Å². The molecule has 0 aliphatic rings. The Balaban J connectivity index is 2.13. The molecule has 6 heteroatoms. The van der Waals surface area contributed by atoms with E-state index in [1.165, 1.54) is 14.0 Å². The molecule has 6 nitrogen and oxygen atoms in total. The van der Waals surface area contributed by atoms with Gasteiger partial charge in [0.2, 0.25) is 0 Å². The van der Waals surface area contributed by atoms with Crippen molar-refractivity contribution in [1.29, 1.82) is 0 Å². The molecule has 0 aliphatic heterocycles. The van der Waals surface area contributed by atoms with Crippen LogP contribution in [0.2, 0.25) is 0 Å². The second kappa shape index (κ2) is 7.22. The molecule has 0 aliphatic carbocycles. The van der Waals surface area contributed by atoms with Gasteiger partial charge in [-0.3, -0.25) is 4.79 Å². The number of methoxy groups -OCH3 is 1. The van der Waals surface area contributed by atoms with Gasteiger partial charge in [-0.2, -0.15) is 0 Å². The fraction of sp³-hybridized carbons (Fsp3) is 0.118. The zero-order valence-corrected chi connectivity index (χ0v) is 12.8. The number of hydrogen-bond acceptors (Lipinski definition) is 4. The van der Waals surface area contributed by atoms with Crippen molar-refractivity contribution >= 4 is 29.2 Å². The van der Waals surface area contributed by atoms with Gasteiger partial charge < -0.3 is 15.4 Å². The van der Waals surface area contributed by atoms with E-state index >= 15 is 0 Å². The van der Waals surface area contributed by atoms with E-state index in [9.17, 15) is 14.4 Å². The number of rotatable bonds is 4. The number of ketones is 1. The first-order valence-corrected chi connectivity index (χ1v) is 6.87. The second-order valence-electron chi connectivity index (χ2n) is 4.75. The maximum Gasteiger partial charge on any atom is 0.339 e.